The second-order valence-electron chi connectivity index (χ2n) is 3.44. The molecule has 1 aliphatic heterocycles. The van der Waals surface area contributed by atoms with E-state index in [9.17, 15) is 9.59 Å². The van der Waals surface area contributed by atoms with Gasteiger partial charge in [-0.25, -0.2) is 9.59 Å². The van der Waals surface area contributed by atoms with Gasteiger partial charge in [0.05, 0.1) is 12.8 Å². The second-order valence-corrected chi connectivity index (χ2v) is 3.44. The molecule has 1 aromatic carbocycles. The van der Waals surface area contributed by atoms with Crippen LogP contribution in [0.2, 0.25) is 0 Å². The topological polar surface area (TPSA) is 106 Å². The molecule has 8 heteroatoms. The summed E-state index contributed by atoms with van der Waals surface area (Å²) < 4.78 is 14.6. The summed E-state index contributed by atoms with van der Waals surface area (Å²) in [7, 11) is 1.07. The zero-order chi connectivity index (χ0) is 13.8. The minimum absolute atomic E-state index is 0.130. The van der Waals surface area contributed by atoms with E-state index in [0.29, 0.717) is 17.2 Å². The van der Waals surface area contributed by atoms with Gasteiger partial charge < -0.3 is 19.3 Å². The number of benzene rings is 1. The number of hydrogen-bond donors (Lipinski definition) is 2. The van der Waals surface area contributed by atoms with Gasteiger partial charge in [0.15, 0.2) is 11.5 Å². The van der Waals surface area contributed by atoms with Crippen molar-refractivity contribution in [2.75, 3.05) is 19.3 Å². The number of aliphatic carboxylic acids is 1. The number of esters is 1. The Balaban J connectivity index is 2.16. The zero-order valence-corrected chi connectivity index (χ0v) is 9.87. The Bertz CT molecular complexity index is 554. The van der Waals surface area contributed by atoms with E-state index >= 15 is 0 Å². The van der Waals surface area contributed by atoms with Crippen LogP contribution in [0, 0.1) is 0 Å². The number of carbonyl (C=O) groups excluding carboxylic acids is 1. The van der Waals surface area contributed by atoms with Gasteiger partial charge in [-0.05, 0) is 12.1 Å². The largest absolute Gasteiger partial charge is 0.476 e. The highest BCUT2D eigenvalue weighted by Gasteiger charge is 2.20. The Kier molecular flexibility index (Phi) is 3.51. The summed E-state index contributed by atoms with van der Waals surface area (Å²) in [6, 6.07) is 4.81. The number of rotatable bonds is 4. The monoisotopic (exact) mass is 266 g/mol. The summed E-state index contributed by atoms with van der Waals surface area (Å²) >= 11 is 0. The first-order chi connectivity index (χ1) is 9.11. The van der Waals surface area contributed by atoms with Crippen molar-refractivity contribution in [3.63, 3.8) is 0 Å². The maximum atomic E-state index is 11.1. The van der Waals surface area contributed by atoms with Gasteiger partial charge in [-0.3, -0.25) is 5.43 Å². The number of hydrogen-bond acceptors (Lipinski definition) is 7. The molecule has 1 aliphatic rings. The molecule has 1 heterocycles. The van der Waals surface area contributed by atoms with E-state index in [2.05, 4.69) is 15.3 Å². The Morgan fingerprint density at radius 3 is 2.79 bits per heavy atom. The van der Waals surface area contributed by atoms with E-state index < -0.39 is 17.7 Å². The van der Waals surface area contributed by atoms with Gasteiger partial charge in [0.1, 0.15) is 0 Å². The summed E-state index contributed by atoms with van der Waals surface area (Å²) in [4.78, 5) is 21.9. The van der Waals surface area contributed by atoms with Crippen molar-refractivity contribution in [3.05, 3.63) is 18.2 Å². The molecule has 0 amide bonds. The van der Waals surface area contributed by atoms with E-state index in [1.807, 2.05) is 0 Å². The maximum Gasteiger partial charge on any atom is 0.366 e. The third-order valence-corrected chi connectivity index (χ3v) is 2.25. The van der Waals surface area contributed by atoms with E-state index in [4.69, 9.17) is 14.6 Å². The van der Waals surface area contributed by atoms with Gasteiger partial charge in [-0.15, -0.1) is 0 Å². The summed E-state index contributed by atoms with van der Waals surface area (Å²) in [5, 5.41) is 12.3. The quantitative estimate of drug-likeness (QED) is 0.352. The highest BCUT2D eigenvalue weighted by molar-refractivity contribution is 6.62. The molecule has 0 aliphatic carbocycles. The number of fused-ring (bicyclic) bond motifs is 1. The number of nitrogens with zero attached hydrogens (tertiary/aromatic N) is 1. The lowest BCUT2D eigenvalue weighted by atomic mass is 10.3. The fourth-order valence-corrected chi connectivity index (χ4v) is 1.36. The fraction of sp³-hybridized carbons (Fsp3) is 0.182. The molecule has 0 bridgehead atoms. The number of nitrogens with one attached hydrogen (secondary N) is 1. The summed E-state index contributed by atoms with van der Waals surface area (Å²) in [5.41, 5.74) is 2.14. The number of carboxylic acid groups (broad SMARTS) is 1. The number of carbonyl (C=O) groups is 2. The molecular weight excluding hydrogens is 256 g/mol. The second kappa shape index (κ2) is 5.25. The molecular formula is C11H10N2O6. The Hall–Kier alpha value is -2.77. The summed E-state index contributed by atoms with van der Waals surface area (Å²) in [5.74, 6) is -1.43. The molecule has 2 N–H and O–H groups in total. The van der Waals surface area contributed by atoms with Crippen LogP contribution in [0.3, 0.4) is 0 Å². The normalized spacial score (nSPS) is 13.0. The minimum Gasteiger partial charge on any atom is -0.476 e. The predicted molar refractivity (Wildman–Crippen MR) is 63.3 cm³/mol. The Morgan fingerprint density at radius 2 is 2.11 bits per heavy atom. The molecule has 0 radical (unpaired) electrons. The Morgan fingerprint density at radius 1 is 1.37 bits per heavy atom. The molecule has 0 atom stereocenters. The molecule has 2 rings (SSSR count). The number of methoxy groups -OCH3 is 1. The minimum atomic E-state index is -1.49. The summed E-state index contributed by atoms with van der Waals surface area (Å²) in [6.45, 7) is 0.130. The van der Waals surface area contributed by atoms with E-state index in [1.165, 1.54) is 0 Å². The van der Waals surface area contributed by atoms with Gasteiger partial charge in [-0.2, -0.15) is 5.10 Å². The van der Waals surface area contributed by atoms with Crippen molar-refractivity contribution in [1.82, 2.24) is 0 Å². The van der Waals surface area contributed by atoms with Crippen LogP contribution in [0.4, 0.5) is 5.69 Å². The first kappa shape index (κ1) is 12.7. The lowest BCUT2D eigenvalue weighted by Gasteiger charge is -2.03. The predicted octanol–water partition coefficient (Wildman–Crippen LogP) is 0.441. The Labute approximate surface area is 107 Å². The van der Waals surface area contributed by atoms with Crippen molar-refractivity contribution in [2.24, 2.45) is 5.10 Å². The average molecular weight is 266 g/mol. The van der Waals surface area contributed by atoms with E-state index in [-0.39, 0.29) is 6.79 Å². The van der Waals surface area contributed by atoms with Gasteiger partial charge in [-0.1, -0.05) is 0 Å². The fourth-order valence-electron chi connectivity index (χ4n) is 1.36. The molecule has 0 saturated heterocycles. The molecule has 100 valence electrons. The lowest BCUT2D eigenvalue weighted by Crippen LogP contribution is -2.26. The molecule has 1 aromatic rings. The highest BCUT2D eigenvalue weighted by Crippen LogP contribution is 2.34. The summed E-state index contributed by atoms with van der Waals surface area (Å²) in [6.07, 6.45) is 0. The highest BCUT2D eigenvalue weighted by atomic mass is 16.7. The van der Waals surface area contributed by atoms with E-state index in [0.717, 1.165) is 7.11 Å². The first-order valence-electron chi connectivity index (χ1n) is 5.17. The lowest BCUT2D eigenvalue weighted by molar-refractivity contribution is -0.136. The maximum absolute atomic E-state index is 11.1. The zero-order valence-electron chi connectivity index (χ0n) is 9.87. The SMILES string of the molecule is COC(=O)C(=NNc1ccc2c(c1)OCO2)C(=O)O. The van der Waals surface area contributed by atoms with Crippen molar-refractivity contribution >= 4 is 23.3 Å². The van der Waals surface area contributed by atoms with Gasteiger partial charge >= 0.3 is 11.9 Å². The van der Waals surface area contributed by atoms with Crippen LogP contribution in [-0.2, 0) is 14.3 Å². The number of carboxylic acids is 1. The van der Waals surface area contributed by atoms with Crippen LogP contribution in [0.1, 0.15) is 0 Å². The van der Waals surface area contributed by atoms with Crippen LogP contribution in [0.25, 0.3) is 0 Å². The molecule has 8 nitrogen and oxygen atoms in total. The van der Waals surface area contributed by atoms with Crippen LogP contribution in [-0.4, -0.2) is 36.7 Å². The average Bonchev–Trinajstić information content (AvgIpc) is 2.85. The van der Waals surface area contributed by atoms with E-state index in [1.54, 1.807) is 18.2 Å². The van der Waals surface area contributed by atoms with Crippen molar-refractivity contribution in [1.29, 1.82) is 0 Å². The van der Waals surface area contributed by atoms with Crippen LogP contribution in [0.5, 0.6) is 11.5 Å². The standard InChI is InChI=1S/C11H10N2O6/c1-17-11(16)9(10(14)15)13-12-6-2-3-7-8(4-6)19-5-18-7/h2-4,12H,5H2,1H3,(H,14,15). The smallest absolute Gasteiger partial charge is 0.366 e. The third kappa shape index (κ3) is 2.73. The molecule has 0 fully saturated rings. The number of hydrazone groups is 1. The first-order valence-corrected chi connectivity index (χ1v) is 5.17. The van der Waals surface area contributed by atoms with Crippen molar-refractivity contribution in [3.8, 4) is 11.5 Å². The van der Waals surface area contributed by atoms with Crippen LogP contribution >= 0.6 is 0 Å². The molecule has 0 unspecified atom stereocenters. The van der Waals surface area contributed by atoms with Crippen molar-refractivity contribution in [2.45, 2.75) is 0 Å². The van der Waals surface area contributed by atoms with Crippen LogP contribution in [0.15, 0.2) is 23.3 Å². The van der Waals surface area contributed by atoms with Gasteiger partial charge in [0.25, 0.3) is 5.71 Å². The third-order valence-electron chi connectivity index (χ3n) is 2.25. The number of ether oxygens (including phenoxy) is 3. The molecule has 19 heavy (non-hydrogen) atoms. The number of anilines is 1. The molecule has 0 saturated carbocycles. The van der Waals surface area contributed by atoms with Gasteiger partial charge in [0.2, 0.25) is 6.79 Å². The van der Waals surface area contributed by atoms with Gasteiger partial charge in [0, 0.05) is 6.07 Å². The van der Waals surface area contributed by atoms with Crippen LogP contribution < -0.4 is 14.9 Å². The van der Waals surface area contributed by atoms with Crippen molar-refractivity contribution < 1.29 is 28.9 Å². The molecule has 0 spiro atoms. The molecule has 0 aromatic heterocycles.